The largest absolute Gasteiger partial charge is 0.326 e. The average Bonchev–Trinajstić information content (AvgIpc) is 2.67. The Hall–Kier alpha value is -2.46. The summed E-state index contributed by atoms with van der Waals surface area (Å²) in [5, 5.41) is 2.99. The van der Waals surface area contributed by atoms with Crippen LogP contribution in [-0.2, 0) is 4.79 Å². The highest BCUT2D eigenvalue weighted by Gasteiger charge is 2.12. The van der Waals surface area contributed by atoms with Gasteiger partial charge < -0.3 is 10.2 Å². The molecule has 0 radical (unpaired) electrons. The third-order valence-corrected chi connectivity index (χ3v) is 4.61. The van der Waals surface area contributed by atoms with E-state index >= 15 is 0 Å². The molecule has 1 aliphatic rings. The normalized spacial score (nSPS) is 14.9. The van der Waals surface area contributed by atoms with E-state index in [1.165, 1.54) is 19.3 Å². The van der Waals surface area contributed by atoms with Crippen LogP contribution in [0.3, 0.4) is 0 Å². The zero-order valence-electron chi connectivity index (χ0n) is 14.4. The number of rotatable bonds is 6. The summed E-state index contributed by atoms with van der Waals surface area (Å²) in [6, 6.07) is 15.2. The van der Waals surface area contributed by atoms with Gasteiger partial charge in [0, 0.05) is 24.2 Å². The van der Waals surface area contributed by atoms with Gasteiger partial charge in [-0.2, -0.15) is 0 Å². The van der Waals surface area contributed by atoms with E-state index in [0.29, 0.717) is 12.0 Å². The molecule has 2 aromatic carbocycles. The predicted molar refractivity (Wildman–Crippen MR) is 101 cm³/mol. The lowest BCUT2D eigenvalue weighted by Gasteiger charge is -2.25. The minimum Gasteiger partial charge on any atom is -0.326 e. The van der Waals surface area contributed by atoms with Gasteiger partial charge in [0.05, 0.1) is 0 Å². The van der Waals surface area contributed by atoms with Crippen LogP contribution in [0.5, 0.6) is 0 Å². The molecule has 1 N–H and O–H groups in total. The summed E-state index contributed by atoms with van der Waals surface area (Å²) in [6.07, 6.45) is 5.15. The lowest BCUT2D eigenvalue weighted by atomic mass is 10.0. The van der Waals surface area contributed by atoms with Gasteiger partial charge in [0.25, 0.3) is 0 Å². The molecule has 0 spiro atoms. The highest BCUT2D eigenvalue weighted by molar-refractivity contribution is 5.91. The number of nitrogens with one attached hydrogen (secondary N) is 1. The average molecular weight is 336 g/mol. The van der Waals surface area contributed by atoms with Crippen LogP contribution in [0.25, 0.3) is 11.1 Å². The van der Waals surface area contributed by atoms with Crippen LogP contribution in [0.4, 0.5) is 5.69 Å². The predicted octanol–water partition coefficient (Wildman–Crippen LogP) is 3.98. The fourth-order valence-corrected chi connectivity index (χ4v) is 3.23. The fourth-order valence-electron chi connectivity index (χ4n) is 3.23. The van der Waals surface area contributed by atoms with Crippen molar-refractivity contribution in [2.45, 2.75) is 25.7 Å². The summed E-state index contributed by atoms with van der Waals surface area (Å²) < 4.78 is 0. The molecule has 0 aliphatic carbocycles. The first kappa shape index (κ1) is 17.4. The topological polar surface area (TPSA) is 49.4 Å². The Bertz CT molecular complexity index is 736. The molecule has 3 rings (SSSR count). The highest BCUT2D eigenvalue weighted by atomic mass is 16.1. The van der Waals surface area contributed by atoms with Crippen molar-refractivity contribution in [1.29, 1.82) is 0 Å². The van der Waals surface area contributed by atoms with Crippen LogP contribution < -0.4 is 5.32 Å². The minimum atomic E-state index is 0.0457. The molecule has 0 saturated carbocycles. The highest BCUT2D eigenvalue weighted by Crippen LogP contribution is 2.23. The van der Waals surface area contributed by atoms with Crippen LogP contribution in [0, 0.1) is 0 Å². The van der Waals surface area contributed by atoms with Crippen LogP contribution in [0.1, 0.15) is 36.0 Å². The molecule has 130 valence electrons. The van der Waals surface area contributed by atoms with E-state index in [-0.39, 0.29) is 5.91 Å². The maximum atomic E-state index is 12.2. The number of piperidine rings is 1. The first-order valence-electron chi connectivity index (χ1n) is 8.92. The first-order chi connectivity index (χ1) is 12.2. The van der Waals surface area contributed by atoms with E-state index in [1.807, 2.05) is 42.5 Å². The standard InChI is InChI=1S/C21H24N2O2/c24-16-17-6-4-7-18(14-17)19-8-5-9-20(15-19)22-21(25)10-13-23-11-2-1-3-12-23/h4-9,14-16H,1-3,10-13H2,(H,22,25). The number of hydrogen-bond donors (Lipinski definition) is 1. The molecule has 1 aliphatic heterocycles. The summed E-state index contributed by atoms with van der Waals surface area (Å²) >= 11 is 0. The summed E-state index contributed by atoms with van der Waals surface area (Å²) in [5.41, 5.74) is 3.39. The third-order valence-electron chi connectivity index (χ3n) is 4.61. The Morgan fingerprint density at radius 2 is 1.72 bits per heavy atom. The Labute approximate surface area is 148 Å². The zero-order valence-corrected chi connectivity index (χ0v) is 14.4. The molecule has 1 heterocycles. The third kappa shape index (κ3) is 5.00. The van der Waals surface area contributed by atoms with Crippen LogP contribution in [0.2, 0.25) is 0 Å². The Kier molecular flexibility index (Phi) is 5.96. The van der Waals surface area contributed by atoms with Gasteiger partial charge in [-0.1, -0.05) is 36.8 Å². The molecular weight excluding hydrogens is 312 g/mol. The number of carbonyl (C=O) groups excluding carboxylic acids is 2. The van der Waals surface area contributed by atoms with Crippen molar-refractivity contribution in [3.8, 4) is 11.1 Å². The molecule has 1 fully saturated rings. The van der Waals surface area contributed by atoms with E-state index in [4.69, 9.17) is 0 Å². The Morgan fingerprint density at radius 3 is 2.48 bits per heavy atom. The van der Waals surface area contributed by atoms with E-state index < -0.39 is 0 Å². The molecular formula is C21H24N2O2. The van der Waals surface area contributed by atoms with Gasteiger partial charge in [0.1, 0.15) is 6.29 Å². The minimum absolute atomic E-state index is 0.0457. The monoisotopic (exact) mass is 336 g/mol. The van der Waals surface area contributed by atoms with Gasteiger partial charge in [0.2, 0.25) is 5.91 Å². The van der Waals surface area contributed by atoms with E-state index in [2.05, 4.69) is 10.2 Å². The maximum absolute atomic E-state index is 12.2. The van der Waals surface area contributed by atoms with Crippen molar-refractivity contribution < 1.29 is 9.59 Å². The molecule has 1 amide bonds. The fraction of sp³-hybridized carbons (Fsp3) is 0.333. The SMILES string of the molecule is O=Cc1cccc(-c2cccc(NC(=O)CCN3CCCCC3)c2)c1. The number of benzene rings is 2. The summed E-state index contributed by atoms with van der Waals surface area (Å²) in [5.74, 6) is 0.0457. The maximum Gasteiger partial charge on any atom is 0.225 e. The van der Waals surface area contributed by atoms with Crippen LogP contribution >= 0.6 is 0 Å². The lowest BCUT2D eigenvalue weighted by Crippen LogP contribution is -2.32. The molecule has 4 nitrogen and oxygen atoms in total. The molecule has 0 atom stereocenters. The van der Waals surface area contributed by atoms with Crippen molar-refractivity contribution in [3.05, 3.63) is 54.1 Å². The second kappa shape index (κ2) is 8.58. The second-order valence-electron chi connectivity index (χ2n) is 6.52. The number of nitrogens with zero attached hydrogens (tertiary/aromatic N) is 1. The van der Waals surface area contributed by atoms with Crippen molar-refractivity contribution in [3.63, 3.8) is 0 Å². The molecule has 1 saturated heterocycles. The number of likely N-dealkylation sites (tertiary alicyclic amines) is 1. The van der Waals surface area contributed by atoms with Crippen molar-refractivity contribution in [1.82, 2.24) is 4.90 Å². The van der Waals surface area contributed by atoms with Crippen LogP contribution in [0.15, 0.2) is 48.5 Å². The molecule has 0 aromatic heterocycles. The van der Waals surface area contributed by atoms with Gasteiger partial charge in [-0.15, -0.1) is 0 Å². The van der Waals surface area contributed by atoms with Crippen molar-refractivity contribution in [2.75, 3.05) is 25.0 Å². The first-order valence-corrected chi connectivity index (χ1v) is 8.92. The molecule has 25 heavy (non-hydrogen) atoms. The van der Waals surface area contributed by atoms with Gasteiger partial charge >= 0.3 is 0 Å². The number of amides is 1. The van der Waals surface area contributed by atoms with Gasteiger partial charge in [-0.25, -0.2) is 0 Å². The molecule has 0 unspecified atom stereocenters. The van der Waals surface area contributed by atoms with Gasteiger partial charge in [-0.05, 0) is 55.3 Å². The summed E-state index contributed by atoms with van der Waals surface area (Å²) in [7, 11) is 0. The van der Waals surface area contributed by atoms with Crippen molar-refractivity contribution in [2.24, 2.45) is 0 Å². The Morgan fingerprint density at radius 1 is 1.00 bits per heavy atom. The number of anilines is 1. The number of carbonyl (C=O) groups is 2. The van der Waals surface area contributed by atoms with Crippen LogP contribution in [-0.4, -0.2) is 36.7 Å². The molecule has 0 bridgehead atoms. The Balaban J connectivity index is 1.60. The second-order valence-corrected chi connectivity index (χ2v) is 6.52. The number of aldehydes is 1. The summed E-state index contributed by atoms with van der Waals surface area (Å²) in [6.45, 7) is 3.04. The smallest absolute Gasteiger partial charge is 0.225 e. The number of hydrogen-bond acceptors (Lipinski definition) is 3. The lowest BCUT2D eigenvalue weighted by molar-refractivity contribution is -0.116. The van der Waals surface area contributed by atoms with Crippen molar-refractivity contribution >= 4 is 17.9 Å². The summed E-state index contributed by atoms with van der Waals surface area (Å²) in [4.78, 5) is 25.5. The molecule has 4 heteroatoms. The molecule has 2 aromatic rings. The van der Waals surface area contributed by atoms with Gasteiger partial charge in [0.15, 0.2) is 0 Å². The van der Waals surface area contributed by atoms with E-state index in [1.54, 1.807) is 6.07 Å². The zero-order chi connectivity index (χ0) is 17.5. The van der Waals surface area contributed by atoms with E-state index in [0.717, 1.165) is 42.7 Å². The van der Waals surface area contributed by atoms with E-state index in [9.17, 15) is 9.59 Å². The van der Waals surface area contributed by atoms with Gasteiger partial charge in [-0.3, -0.25) is 9.59 Å². The quantitative estimate of drug-likeness (QED) is 0.812.